The Balaban J connectivity index is 1.41. The number of fused-ring (bicyclic) bond motifs is 2. The Bertz CT molecular complexity index is 506. The summed E-state index contributed by atoms with van der Waals surface area (Å²) in [6.07, 6.45) is 3.54. The fourth-order valence-electron chi connectivity index (χ4n) is 3.72. The number of benzene rings is 1. The highest BCUT2D eigenvalue weighted by Crippen LogP contribution is 2.47. The van der Waals surface area contributed by atoms with Gasteiger partial charge < -0.3 is 11.1 Å². The van der Waals surface area contributed by atoms with Crippen molar-refractivity contribution in [3.8, 4) is 0 Å². The van der Waals surface area contributed by atoms with Gasteiger partial charge in [0.15, 0.2) is 0 Å². The lowest BCUT2D eigenvalue weighted by atomic mass is 9.84. The van der Waals surface area contributed by atoms with E-state index < -0.39 is 0 Å². The van der Waals surface area contributed by atoms with Crippen molar-refractivity contribution >= 4 is 29.3 Å². The molecule has 3 nitrogen and oxygen atoms in total. The lowest BCUT2D eigenvalue weighted by molar-refractivity contribution is -0.126. The number of nitrogens with two attached hydrogens (primary N) is 1. The quantitative estimate of drug-likeness (QED) is 0.647. The minimum absolute atomic E-state index is 0.0456. The van der Waals surface area contributed by atoms with Crippen molar-refractivity contribution in [2.45, 2.75) is 30.2 Å². The van der Waals surface area contributed by atoms with Gasteiger partial charge in [-0.1, -0.05) is 11.6 Å². The molecule has 4 unspecified atom stereocenters. The molecule has 4 atom stereocenters. The number of amides is 1. The van der Waals surface area contributed by atoms with Crippen molar-refractivity contribution < 1.29 is 4.79 Å². The molecule has 0 heterocycles. The molecule has 2 saturated carbocycles. The zero-order valence-corrected chi connectivity index (χ0v) is 13.5. The molecule has 21 heavy (non-hydrogen) atoms. The fourth-order valence-corrected chi connectivity index (χ4v) is 4.61. The summed E-state index contributed by atoms with van der Waals surface area (Å²) in [7, 11) is 0. The molecule has 0 radical (unpaired) electrons. The van der Waals surface area contributed by atoms with Gasteiger partial charge in [0.2, 0.25) is 5.91 Å². The molecule has 0 aromatic heterocycles. The lowest BCUT2D eigenvalue weighted by Gasteiger charge is -2.26. The Morgan fingerprint density at radius 1 is 1.29 bits per heavy atom. The summed E-state index contributed by atoms with van der Waals surface area (Å²) in [5.41, 5.74) is 6.20. The van der Waals surface area contributed by atoms with Crippen molar-refractivity contribution in [2.24, 2.45) is 23.5 Å². The maximum absolute atomic E-state index is 12.3. The van der Waals surface area contributed by atoms with Gasteiger partial charge in [0.1, 0.15) is 0 Å². The van der Waals surface area contributed by atoms with Gasteiger partial charge in [-0.2, -0.15) is 0 Å². The van der Waals surface area contributed by atoms with Crippen molar-refractivity contribution in [1.82, 2.24) is 5.32 Å². The molecule has 1 amide bonds. The molecule has 1 aromatic rings. The van der Waals surface area contributed by atoms with Gasteiger partial charge in [0.25, 0.3) is 0 Å². The van der Waals surface area contributed by atoms with Crippen molar-refractivity contribution in [1.29, 1.82) is 0 Å². The Labute approximate surface area is 135 Å². The average molecular weight is 325 g/mol. The van der Waals surface area contributed by atoms with E-state index in [0.717, 1.165) is 17.2 Å². The smallest absolute Gasteiger partial charge is 0.224 e. The van der Waals surface area contributed by atoms with Crippen molar-refractivity contribution in [3.05, 3.63) is 29.3 Å². The molecule has 0 aliphatic heterocycles. The van der Waals surface area contributed by atoms with Crippen molar-refractivity contribution in [2.75, 3.05) is 12.3 Å². The van der Waals surface area contributed by atoms with Crippen LogP contribution in [0.25, 0.3) is 0 Å². The van der Waals surface area contributed by atoms with Crippen molar-refractivity contribution in [3.63, 3.8) is 0 Å². The summed E-state index contributed by atoms with van der Waals surface area (Å²) in [6.45, 7) is 0.687. The van der Waals surface area contributed by atoms with Crippen LogP contribution in [0.4, 0.5) is 0 Å². The molecule has 2 aliphatic carbocycles. The van der Waals surface area contributed by atoms with Gasteiger partial charge in [0, 0.05) is 28.3 Å². The molecule has 3 N–H and O–H groups in total. The van der Waals surface area contributed by atoms with Crippen LogP contribution in [0.1, 0.15) is 19.3 Å². The van der Waals surface area contributed by atoms with Crippen LogP contribution in [0.15, 0.2) is 29.2 Å². The van der Waals surface area contributed by atoms with Crippen LogP contribution >= 0.6 is 23.4 Å². The maximum Gasteiger partial charge on any atom is 0.224 e. The summed E-state index contributed by atoms with van der Waals surface area (Å²) in [5.74, 6) is 2.17. The second-order valence-corrected chi connectivity index (χ2v) is 7.63. The standard InChI is InChI=1S/C16H21ClN2OS/c17-12-3-5-13(6-4-12)21-8-7-19-16(20)14-10-1-2-11(9-10)15(14)18/h3-6,10-11,14-15H,1-2,7-9,18H2,(H,19,20). The monoisotopic (exact) mass is 324 g/mol. The van der Waals surface area contributed by atoms with Gasteiger partial charge in [0.05, 0.1) is 5.92 Å². The van der Waals surface area contributed by atoms with Gasteiger partial charge in [-0.05, 0) is 55.4 Å². The number of thioether (sulfide) groups is 1. The number of halogens is 1. The van der Waals surface area contributed by atoms with Gasteiger partial charge in [-0.15, -0.1) is 11.8 Å². The number of hydrogen-bond acceptors (Lipinski definition) is 3. The molecule has 2 aliphatic rings. The molecule has 0 saturated heterocycles. The highest BCUT2D eigenvalue weighted by Gasteiger charge is 2.48. The molecular formula is C16H21ClN2OS. The Morgan fingerprint density at radius 3 is 2.67 bits per heavy atom. The molecule has 114 valence electrons. The van der Waals surface area contributed by atoms with Crippen LogP contribution in [0.5, 0.6) is 0 Å². The van der Waals surface area contributed by atoms with E-state index in [1.165, 1.54) is 17.7 Å². The second-order valence-electron chi connectivity index (χ2n) is 6.03. The highest BCUT2D eigenvalue weighted by atomic mass is 35.5. The maximum atomic E-state index is 12.3. The van der Waals surface area contributed by atoms with E-state index in [-0.39, 0.29) is 17.9 Å². The number of carbonyl (C=O) groups is 1. The molecule has 3 rings (SSSR count). The third kappa shape index (κ3) is 3.38. The van der Waals surface area contributed by atoms with Gasteiger partial charge >= 0.3 is 0 Å². The topological polar surface area (TPSA) is 55.1 Å². The number of rotatable bonds is 5. The van der Waals surface area contributed by atoms with E-state index >= 15 is 0 Å². The minimum Gasteiger partial charge on any atom is -0.355 e. The summed E-state index contributed by atoms with van der Waals surface area (Å²) in [6, 6.07) is 7.85. The van der Waals surface area contributed by atoms with Gasteiger partial charge in [-0.3, -0.25) is 4.79 Å². The largest absolute Gasteiger partial charge is 0.355 e. The summed E-state index contributed by atoms with van der Waals surface area (Å²) in [4.78, 5) is 13.5. The number of carbonyl (C=O) groups excluding carboxylic acids is 1. The Hall–Kier alpha value is -0.710. The first kappa shape index (κ1) is 15.2. The summed E-state index contributed by atoms with van der Waals surface area (Å²) in [5, 5.41) is 3.80. The first-order chi connectivity index (χ1) is 10.1. The van der Waals surface area contributed by atoms with Crippen LogP contribution in [0, 0.1) is 17.8 Å². The van der Waals surface area contributed by atoms with E-state index in [1.54, 1.807) is 11.8 Å². The fraction of sp³-hybridized carbons (Fsp3) is 0.562. The highest BCUT2D eigenvalue weighted by molar-refractivity contribution is 7.99. The van der Waals surface area contributed by atoms with Gasteiger partial charge in [-0.25, -0.2) is 0 Å². The third-order valence-corrected chi connectivity index (χ3v) is 6.03. The molecule has 2 fully saturated rings. The zero-order chi connectivity index (χ0) is 14.8. The number of hydrogen-bond donors (Lipinski definition) is 2. The molecule has 2 bridgehead atoms. The lowest BCUT2D eigenvalue weighted by Crippen LogP contribution is -2.45. The predicted molar refractivity (Wildman–Crippen MR) is 87.5 cm³/mol. The normalized spacial score (nSPS) is 30.6. The Morgan fingerprint density at radius 2 is 2.00 bits per heavy atom. The Kier molecular flexibility index (Phi) is 4.77. The van der Waals surface area contributed by atoms with E-state index in [0.29, 0.717) is 18.4 Å². The first-order valence-corrected chi connectivity index (χ1v) is 8.93. The van der Waals surface area contributed by atoms with E-state index in [2.05, 4.69) is 5.32 Å². The van der Waals surface area contributed by atoms with Crippen LogP contribution < -0.4 is 11.1 Å². The third-order valence-electron chi connectivity index (χ3n) is 4.77. The zero-order valence-electron chi connectivity index (χ0n) is 11.9. The van der Waals surface area contributed by atoms with E-state index in [9.17, 15) is 4.79 Å². The second kappa shape index (κ2) is 6.59. The van der Waals surface area contributed by atoms with Crippen LogP contribution in [0.2, 0.25) is 5.02 Å². The van der Waals surface area contributed by atoms with Crippen LogP contribution in [-0.4, -0.2) is 24.2 Å². The number of nitrogens with one attached hydrogen (secondary N) is 1. The van der Waals surface area contributed by atoms with Crippen LogP contribution in [-0.2, 0) is 4.79 Å². The predicted octanol–water partition coefficient (Wildman–Crippen LogP) is 2.92. The molecule has 0 spiro atoms. The molecular weight excluding hydrogens is 304 g/mol. The molecule has 1 aromatic carbocycles. The van der Waals surface area contributed by atoms with E-state index in [1.807, 2.05) is 24.3 Å². The molecule has 5 heteroatoms. The van der Waals surface area contributed by atoms with Crippen LogP contribution in [0.3, 0.4) is 0 Å². The average Bonchev–Trinajstić information content (AvgIpc) is 3.06. The summed E-state index contributed by atoms with van der Waals surface area (Å²) >= 11 is 7.58. The minimum atomic E-state index is 0.0456. The first-order valence-electron chi connectivity index (χ1n) is 7.57. The summed E-state index contributed by atoms with van der Waals surface area (Å²) < 4.78 is 0. The van der Waals surface area contributed by atoms with E-state index in [4.69, 9.17) is 17.3 Å². The SMILES string of the molecule is NC1C2CCC(C2)C1C(=O)NCCSc1ccc(Cl)cc1.